The van der Waals surface area contributed by atoms with Crippen molar-refractivity contribution in [3.63, 3.8) is 0 Å². The van der Waals surface area contributed by atoms with Crippen molar-refractivity contribution in [2.45, 2.75) is 37.4 Å². The first-order valence-corrected chi connectivity index (χ1v) is 12.0. The summed E-state index contributed by atoms with van der Waals surface area (Å²) in [5, 5.41) is 2.88. The Bertz CT molecular complexity index is 1330. The molecule has 1 aromatic carbocycles. The first-order valence-electron chi connectivity index (χ1n) is 12.0. The van der Waals surface area contributed by atoms with E-state index in [1.165, 1.54) is 19.2 Å². The molecule has 2 aromatic heterocycles. The molecule has 2 fully saturated rings. The molecule has 2 aliphatic heterocycles. The fourth-order valence-electron chi connectivity index (χ4n) is 5.28. The molecule has 3 aromatic rings. The molecule has 36 heavy (non-hydrogen) atoms. The Kier molecular flexibility index (Phi) is 6.42. The van der Waals surface area contributed by atoms with E-state index in [1.54, 1.807) is 11.0 Å². The van der Waals surface area contributed by atoms with Gasteiger partial charge in [0.15, 0.2) is 5.69 Å². The average molecular weight is 501 g/mol. The van der Waals surface area contributed by atoms with Crippen molar-refractivity contribution in [1.82, 2.24) is 25.2 Å². The fraction of sp³-hybridized carbons (Fsp3) is 0.440. The lowest BCUT2D eigenvalue weighted by atomic mass is 10.0. The van der Waals surface area contributed by atoms with E-state index in [2.05, 4.69) is 25.2 Å². The van der Waals surface area contributed by atoms with Crippen molar-refractivity contribution in [1.29, 1.82) is 0 Å². The van der Waals surface area contributed by atoms with E-state index in [-0.39, 0.29) is 28.9 Å². The van der Waals surface area contributed by atoms with Crippen molar-refractivity contribution in [2.75, 3.05) is 38.1 Å². The summed E-state index contributed by atoms with van der Waals surface area (Å²) in [6.07, 6.45) is -2.38. The van der Waals surface area contributed by atoms with E-state index in [0.29, 0.717) is 42.7 Å². The van der Waals surface area contributed by atoms with E-state index in [4.69, 9.17) is 0 Å². The number of H-pyrrole nitrogens is 1. The van der Waals surface area contributed by atoms with Gasteiger partial charge in [-0.3, -0.25) is 14.5 Å². The Morgan fingerprint density at radius 2 is 1.81 bits per heavy atom. The lowest BCUT2D eigenvalue weighted by Gasteiger charge is -2.38. The third kappa shape index (κ3) is 4.67. The predicted molar refractivity (Wildman–Crippen MR) is 129 cm³/mol. The maximum atomic E-state index is 13.7. The van der Waals surface area contributed by atoms with Gasteiger partial charge in [0.05, 0.1) is 16.6 Å². The molecule has 2 N–H and O–H groups in total. The number of benzene rings is 1. The van der Waals surface area contributed by atoms with Crippen LogP contribution in [0.1, 0.15) is 47.2 Å². The molecule has 11 heteroatoms. The molecule has 0 spiro atoms. The number of fused-ring (bicyclic) bond motifs is 1. The van der Waals surface area contributed by atoms with Crippen LogP contribution in [-0.2, 0) is 6.18 Å². The number of halogens is 3. The van der Waals surface area contributed by atoms with Gasteiger partial charge in [0.1, 0.15) is 11.5 Å². The van der Waals surface area contributed by atoms with E-state index in [1.807, 2.05) is 18.2 Å². The van der Waals surface area contributed by atoms with Crippen molar-refractivity contribution < 1.29 is 18.0 Å². The number of carbonyl (C=O) groups excluding carboxylic acids is 1. The summed E-state index contributed by atoms with van der Waals surface area (Å²) in [6.45, 7) is 2.52. The Hall–Kier alpha value is -3.47. The van der Waals surface area contributed by atoms with Crippen LogP contribution in [0, 0.1) is 0 Å². The van der Waals surface area contributed by atoms with Crippen LogP contribution < -0.4 is 15.8 Å². The van der Waals surface area contributed by atoms with E-state index in [0.717, 1.165) is 19.5 Å². The lowest BCUT2D eigenvalue weighted by molar-refractivity contribution is -0.140. The molecule has 1 atom stereocenters. The molecule has 2 aliphatic rings. The molecular weight excluding hydrogens is 473 g/mol. The number of aromatic amines is 1. The number of amides is 1. The van der Waals surface area contributed by atoms with Gasteiger partial charge in [-0.15, -0.1) is 0 Å². The minimum atomic E-state index is -4.66. The molecule has 4 heterocycles. The van der Waals surface area contributed by atoms with Crippen LogP contribution in [0.4, 0.5) is 18.9 Å². The number of para-hydroxylation sites is 1. The van der Waals surface area contributed by atoms with Crippen LogP contribution in [0.2, 0.25) is 0 Å². The molecule has 1 unspecified atom stereocenters. The predicted octanol–water partition coefficient (Wildman–Crippen LogP) is 3.15. The minimum Gasteiger partial charge on any atom is -0.370 e. The summed E-state index contributed by atoms with van der Waals surface area (Å²) in [5.41, 5.74) is -0.745. The van der Waals surface area contributed by atoms with E-state index in [9.17, 15) is 22.8 Å². The van der Waals surface area contributed by atoms with E-state index < -0.39 is 17.8 Å². The molecule has 0 radical (unpaired) electrons. The summed E-state index contributed by atoms with van der Waals surface area (Å²) < 4.78 is 41.2. The maximum absolute atomic E-state index is 13.7. The number of alkyl halides is 3. The van der Waals surface area contributed by atoms with Crippen molar-refractivity contribution in [2.24, 2.45) is 0 Å². The number of nitrogens with one attached hydrogen (secondary N) is 2. The van der Waals surface area contributed by atoms with Crippen LogP contribution in [0.15, 0.2) is 41.2 Å². The number of likely N-dealkylation sites (tertiary alicyclic amines) is 1. The van der Waals surface area contributed by atoms with Crippen molar-refractivity contribution in [3.05, 3.63) is 64.0 Å². The number of hydrogen-bond acceptors (Lipinski definition) is 6. The highest BCUT2D eigenvalue weighted by molar-refractivity contribution is 5.92. The number of hydrogen-bond donors (Lipinski definition) is 2. The summed E-state index contributed by atoms with van der Waals surface area (Å²) >= 11 is 0. The largest absolute Gasteiger partial charge is 0.435 e. The van der Waals surface area contributed by atoms with Gasteiger partial charge in [-0.1, -0.05) is 12.1 Å². The van der Waals surface area contributed by atoms with Gasteiger partial charge >= 0.3 is 6.18 Å². The zero-order valence-electron chi connectivity index (χ0n) is 19.8. The Balaban J connectivity index is 1.26. The molecular formula is C25H27F3N6O2. The quantitative estimate of drug-likeness (QED) is 0.572. The van der Waals surface area contributed by atoms with Gasteiger partial charge in [-0.25, -0.2) is 9.97 Å². The smallest absolute Gasteiger partial charge is 0.370 e. The molecule has 190 valence electrons. The SMILES string of the molecule is CNC(=O)c1ccc(N2CCC(N3CCC(c4nc5ccccc5c(=O)[nH]4)C3)CC2)c(C(F)(F)F)n1. The molecule has 0 aliphatic carbocycles. The van der Waals surface area contributed by atoms with Gasteiger partial charge in [0, 0.05) is 38.6 Å². The number of rotatable bonds is 4. The summed E-state index contributed by atoms with van der Waals surface area (Å²) in [6, 6.07) is 10.2. The zero-order valence-corrected chi connectivity index (χ0v) is 19.8. The Morgan fingerprint density at radius 3 is 2.53 bits per heavy atom. The summed E-state index contributed by atoms with van der Waals surface area (Å²) in [7, 11) is 1.35. The van der Waals surface area contributed by atoms with Crippen LogP contribution >= 0.6 is 0 Å². The van der Waals surface area contributed by atoms with Gasteiger partial charge < -0.3 is 15.2 Å². The first kappa shape index (κ1) is 24.2. The second-order valence-corrected chi connectivity index (χ2v) is 9.31. The standard InChI is InChI=1S/C25H27F3N6O2/c1-29-24(36)19-6-7-20(21(30-19)25(26,27)28)33-12-9-16(10-13-33)34-11-8-15(14-34)22-31-18-5-3-2-4-17(18)23(35)32-22/h2-7,15-16H,8-14H2,1H3,(H,29,36)(H,31,32,35). The second-order valence-electron chi connectivity index (χ2n) is 9.31. The molecule has 1 amide bonds. The first-order chi connectivity index (χ1) is 17.2. The minimum absolute atomic E-state index is 0.00541. The highest BCUT2D eigenvalue weighted by atomic mass is 19.4. The molecule has 2 saturated heterocycles. The van der Waals surface area contributed by atoms with Crippen LogP contribution in [0.3, 0.4) is 0 Å². The van der Waals surface area contributed by atoms with Crippen molar-refractivity contribution >= 4 is 22.5 Å². The number of carbonyl (C=O) groups is 1. The van der Waals surface area contributed by atoms with E-state index >= 15 is 0 Å². The van der Waals surface area contributed by atoms with Gasteiger partial charge in [-0.2, -0.15) is 13.2 Å². The third-order valence-corrected chi connectivity index (χ3v) is 7.16. The number of pyridine rings is 1. The molecule has 0 saturated carbocycles. The Morgan fingerprint density at radius 1 is 1.06 bits per heavy atom. The number of aromatic nitrogens is 3. The maximum Gasteiger partial charge on any atom is 0.435 e. The summed E-state index contributed by atoms with van der Waals surface area (Å²) in [4.78, 5) is 39.6. The highest BCUT2D eigenvalue weighted by Crippen LogP contribution is 2.37. The zero-order chi connectivity index (χ0) is 25.4. The van der Waals surface area contributed by atoms with Crippen LogP contribution in [0.25, 0.3) is 10.9 Å². The Labute approximate surface area is 205 Å². The summed E-state index contributed by atoms with van der Waals surface area (Å²) in [5.74, 6) is 0.144. The van der Waals surface area contributed by atoms with Gasteiger partial charge in [0.25, 0.3) is 11.5 Å². The third-order valence-electron chi connectivity index (χ3n) is 7.16. The van der Waals surface area contributed by atoms with Crippen LogP contribution in [-0.4, -0.2) is 65.0 Å². The van der Waals surface area contributed by atoms with Crippen molar-refractivity contribution in [3.8, 4) is 0 Å². The highest BCUT2D eigenvalue weighted by Gasteiger charge is 2.39. The molecule has 0 bridgehead atoms. The van der Waals surface area contributed by atoms with Gasteiger partial charge in [-0.05, 0) is 50.1 Å². The van der Waals surface area contributed by atoms with Crippen LogP contribution in [0.5, 0.6) is 0 Å². The monoisotopic (exact) mass is 500 g/mol. The molecule has 5 rings (SSSR count). The normalized spacial score (nSPS) is 19.7. The number of anilines is 1. The lowest BCUT2D eigenvalue weighted by Crippen LogP contribution is -2.44. The topological polar surface area (TPSA) is 94.2 Å². The van der Waals surface area contributed by atoms with Gasteiger partial charge in [0.2, 0.25) is 0 Å². The second kappa shape index (κ2) is 9.53. The number of piperidine rings is 1. The average Bonchev–Trinajstić information content (AvgIpc) is 3.38. The number of nitrogens with zero attached hydrogens (tertiary/aromatic N) is 4. The molecule has 8 nitrogen and oxygen atoms in total. The fourth-order valence-corrected chi connectivity index (χ4v) is 5.28.